The number of halogens is 2. The van der Waals surface area contributed by atoms with Gasteiger partial charge in [-0.05, 0) is 22.8 Å². The van der Waals surface area contributed by atoms with Gasteiger partial charge in [-0.2, -0.15) is 0 Å². The van der Waals surface area contributed by atoms with Crippen LogP contribution in [0.5, 0.6) is 0 Å². The summed E-state index contributed by atoms with van der Waals surface area (Å²) in [6.45, 7) is 0. The first-order valence-corrected chi connectivity index (χ1v) is 9.08. The highest BCUT2D eigenvalue weighted by Gasteiger charge is 2.31. The normalized spacial score (nSPS) is 11.8. The Morgan fingerprint density at radius 2 is 1.41 bits per heavy atom. The zero-order chi connectivity index (χ0) is 20.8. The molecule has 0 unspecified atom stereocenters. The molecular formula is C23H20F2N2O2. The van der Waals surface area contributed by atoms with Crippen molar-refractivity contribution in [2.24, 2.45) is 5.73 Å². The molecule has 6 heteroatoms. The minimum absolute atomic E-state index is 0.0306. The van der Waals surface area contributed by atoms with Crippen LogP contribution in [0.4, 0.5) is 8.78 Å². The third kappa shape index (κ3) is 5.04. The molecule has 2 amide bonds. The Kier molecular flexibility index (Phi) is 6.34. The van der Waals surface area contributed by atoms with E-state index < -0.39 is 35.4 Å². The Morgan fingerprint density at radius 1 is 0.862 bits per heavy atom. The molecule has 3 N–H and O–H groups in total. The van der Waals surface area contributed by atoms with E-state index in [-0.39, 0.29) is 12.0 Å². The molecule has 3 rings (SSSR count). The molecule has 0 saturated heterocycles. The molecule has 3 aromatic carbocycles. The van der Waals surface area contributed by atoms with Gasteiger partial charge in [0.05, 0.1) is 6.42 Å². The largest absolute Gasteiger partial charge is 0.368 e. The van der Waals surface area contributed by atoms with Gasteiger partial charge in [0.1, 0.15) is 17.7 Å². The summed E-state index contributed by atoms with van der Waals surface area (Å²) in [5.41, 5.74) is 7.26. The smallest absolute Gasteiger partial charge is 0.240 e. The number of hydrogen-bond donors (Lipinski definition) is 2. The molecule has 4 nitrogen and oxygen atoms in total. The summed E-state index contributed by atoms with van der Waals surface area (Å²) < 4.78 is 27.0. The number of rotatable bonds is 7. The SMILES string of the molecule is NC(=O)[C@@H](NC(=O)Cc1ccc(F)cc1F)C(c1ccccc1)c1ccccc1. The number of carbonyl (C=O) groups excluding carboxylic acids is 2. The fraction of sp³-hybridized carbons (Fsp3) is 0.130. The summed E-state index contributed by atoms with van der Waals surface area (Å²) >= 11 is 0. The Balaban J connectivity index is 1.89. The molecule has 0 saturated carbocycles. The summed E-state index contributed by atoms with van der Waals surface area (Å²) in [5.74, 6) is -3.36. The molecule has 3 aromatic rings. The molecule has 148 valence electrons. The van der Waals surface area contributed by atoms with E-state index in [1.165, 1.54) is 6.07 Å². The number of nitrogens with one attached hydrogen (secondary N) is 1. The van der Waals surface area contributed by atoms with Crippen molar-refractivity contribution in [2.45, 2.75) is 18.4 Å². The Hall–Kier alpha value is -3.54. The number of amides is 2. The summed E-state index contributed by atoms with van der Waals surface area (Å²) in [6, 6.07) is 20.4. The predicted octanol–water partition coefficient (Wildman–Crippen LogP) is 3.31. The average molecular weight is 394 g/mol. The number of benzene rings is 3. The third-order valence-electron chi connectivity index (χ3n) is 4.64. The molecular weight excluding hydrogens is 374 g/mol. The van der Waals surface area contributed by atoms with Gasteiger partial charge in [-0.3, -0.25) is 9.59 Å². The lowest BCUT2D eigenvalue weighted by Gasteiger charge is -2.27. The van der Waals surface area contributed by atoms with Gasteiger partial charge in [-0.25, -0.2) is 8.78 Å². The van der Waals surface area contributed by atoms with Crippen molar-refractivity contribution in [1.82, 2.24) is 5.32 Å². The minimum Gasteiger partial charge on any atom is -0.368 e. The van der Waals surface area contributed by atoms with E-state index in [0.717, 1.165) is 17.2 Å². The van der Waals surface area contributed by atoms with Crippen molar-refractivity contribution in [3.63, 3.8) is 0 Å². The molecule has 0 bridgehead atoms. The average Bonchev–Trinajstić information content (AvgIpc) is 2.71. The van der Waals surface area contributed by atoms with E-state index in [2.05, 4.69) is 5.32 Å². The maximum absolute atomic E-state index is 13.9. The van der Waals surface area contributed by atoms with E-state index in [0.29, 0.717) is 6.07 Å². The fourth-order valence-electron chi connectivity index (χ4n) is 3.28. The fourth-order valence-corrected chi connectivity index (χ4v) is 3.28. The predicted molar refractivity (Wildman–Crippen MR) is 106 cm³/mol. The third-order valence-corrected chi connectivity index (χ3v) is 4.64. The van der Waals surface area contributed by atoms with E-state index in [1.54, 1.807) is 0 Å². The molecule has 29 heavy (non-hydrogen) atoms. The first kappa shape index (κ1) is 20.2. The molecule has 0 aromatic heterocycles. The molecule has 0 spiro atoms. The Bertz CT molecular complexity index is 955. The highest BCUT2D eigenvalue weighted by Crippen LogP contribution is 2.28. The summed E-state index contributed by atoms with van der Waals surface area (Å²) in [6.07, 6.45) is -0.341. The van der Waals surface area contributed by atoms with E-state index in [9.17, 15) is 18.4 Å². The van der Waals surface area contributed by atoms with Gasteiger partial charge in [0.15, 0.2) is 0 Å². The first-order chi connectivity index (χ1) is 14.0. The standard InChI is InChI=1S/C23H20F2N2O2/c24-18-12-11-17(19(25)14-18)13-20(28)27-22(23(26)29)21(15-7-3-1-4-8-15)16-9-5-2-6-10-16/h1-12,14,21-22H,13H2,(H2,26,29)(H,27,28)/t22-/m0/s1. The zero-order valence-corrected chi connectivity index (χ0v) is 15.5. The Morgan fingerprint density at radius 3 is 1.90 bits per heavy atom. The highest BCUT2D eigenvalue weighted by molar-refractivity contribution is 5.88. The van der Waals surface area contributed by atoms with Crippen molar-refractivity contribution in [3.8, 4) is 0 Å². The maximum atomic E-state index is 13.9. The number of primary amides is 1. The van der Waals surface area contributed by atoms with Crippen molar-refractivity contribution in [2.75, 3.05) is 0 Å². The van der Waals surface area contributed by atoms with Gasteiger partial charge in [-0.15, -0.1) is 0 Å². The van der Waals surface area contributed by atoms with Crippen molar-refractivity contribution in [3.05, 3.63) is 107 Å². The van der Waals surface area contributed by atoms with Gasteiger partial charge < -0.3 is 11.1 Å². The molecule has 1 atom stereocenters. The van der Waals surface area contributed by atoms with E-state index in [4.69, 9.17) is 5.73 Å². The second-order valence-electron chi connectivity index (χ2n) is 6.66. The number of hydrogen-bond acceptors (Lipinski definition) is 2. The van der Waals surface area contributed by atoms with Crippen molar-refractivity contribution < 1.29 is 18.4 Å². The molecule has 0 fully saturated rings. The van der Waals surface area contributed by atoms with Crippen LogP contribution in [0.2, 0.25) is 0 Å². The van der Waals surface area contributed by atoms with Crippen LogP contribution in [0.1, 0.15) is 22.6 Å². The Labute approximate surface area is 167 Å². The molecule has 0 aliphatic rings. The molecule has 0 radical (unpaired) electrons. The van der Waals surface area contributed by atoms with Gasteiger partial charge >= 0.3 is 0 Å². The minimum atomic E-state index is -1.05. The molecule has 0 heterocycles. The van der Waals surface area contributed by atoms with E-state index >= 15 is 0 Å². The quantitative estimate of drug-likeness (QED) is 0.645. The number of nitrogens with two attached hydrogens (primary N) is 1. The lowest BCUT2D eigenvalue weighted by molar-refractivity contribution is -0.127. The van der Waals surface area contributed by atoms with Crippen LogP contribution in [0, 0.1) is 11.6 Å². The number of carbonyl (C=O) groups is 2. The van der Waals surface area contributed by atoms with Crippen molar-refractivity contribution >= 4 is 11.8 Å². The zero-order valence-electron chi connectivity index (χ0n) is 15.5. The lowest BCUT2D eigenvalue weighted by atomic mass is 9.84. The summed E-state index contributed by atoms with van der Waals surface area (Å²) in [5, 5.41) is 2.63. The summed E-state index contributed by atoms with van der Waals surface area (Å²) in [7, 11) is 0. The van der Waals surface area contributed by atoms with Crippen LogP contribution in [0.15, 0.2) is 78.9 Å². The van der Waals surface area contributed by atoms with Gasteiger partial charge in [0.25, 0.3) is 0 Å². The van der Waals surface area contributed by atoms with Crippen LogP contribution < -0.4 is 11.1 Å². The highest BCUT2D eigenvalue weighted by atomic mass is 19.1. The maximum Gasteiger partial charge on any atom is 0.240 e. The molecule has 0 aliphatic carbocycles. The lowest BCUT2D eigenvalue weighted by Crippen LogP contribution is -2.49. The van der Waals surface area contributed by atoms with E-state index in [1.807, 2.05) is 60.7 Å². The second kappa shape index (κ2) is 9.10. The monoisotopic (exact) mass is 394 g/mol. The van der Waals surface area contributed by atoms with Crippen molar-refractivity contribution in [1.29, 1.82) is 0 Å². The molecule has 0 aliphatic heterocycles. The summed E-state index contributed by atoms with van der Waals surface area (Å²) in [4.78, 5) is 24.8. The van der Waals surface area contributed by atoms with Gasteiger partial charge in [0.2, 0.25) is 11.8 Å². The first-order valence-electron chi connectivity index (χ1n) is 9.08. The second-order valence-corrected chi connectivity index (χ2v) is 6.66. The van der Waals surface area contributed by atoms with Gasteiger partial charge in [0, 0.05) is 12.0 Å². The topological polar surface area (TPSA) is 72.2 Å². The van der Waals surface area contributed by atoms with Crippen LogP contribution in [-0.2, 0) is 16.0 Å². The van der Waals surface area contributed by atoms with Crippen LogP contribution >= 0.6 is 0 Å². The van der Waals surface area contributed by atoms with Crippen LogP contribution in [0.3, 0.4) is 0 Å². The van der Waals surface area contributed by atoms with Crippen LogP contribution in [0.25, 0.3) is 0 Å². The van der Waals surface area contributed by atoms with Gasteiger partial charge in [-0.1, -0.05) is 66.7 Å². The van der Waals surface area contributed by atoms with Crippen LogP contribution in [-0.4, -0.2) is 17.9 Å².